The molecule has 1 aromatic rings. The Morgan fingerprint density at radius 1 is 1.79 bits per heavy atom. The van der Waals surface area contributed by atoms with Gasteiger partial charge in [0, 0.05) is 12.6 Å². The van der Waals surface area contributed by atoms with Crippen LogP contribution >= 0.6 is 27.5 Å². The molecule has 0 saturated carbocycles. The number of nitrogens with zero attached hydrogens (tertiary/aromatic N) is 1. The SMILES string of the molecule is N[C@@H](Cc1cc(Cl)cnc1Br)C(=O)O. The quantitative estimate of drug-likeness (QED) is 0.821. The van der Waals surface area contributed by atoms with Crippen LogP contribution in [0.25, 0.3) is 0 Å². The number of carboxylic acids is 1. The number of nitrogens with two attached hydrogens (primary N) is 1. The minimum absolute atomic E-state index is 0.198. The number of aliphatic carboxylic acids is 1. The van der Waals surface area contributed by atoms with Gasteiger partial charge in [-0.25, -0.2) is 4.98 Å². The number of halogens is 2. The van der Waals surface area contributed by atoms with Gasteiger partial charge in [0.1, 0.15) is 10.6 Å². The molecule has 6 heteroatoms. The van der Waals surface area contributed by atoms with Crippen molar-refractivity contribution < 1.29 is 9.90 Å². The highest BCUT2D eigenvalue weighted by molar-refractivity contribution is 9.10. The maximum Gasteiger partial charge on any atom is 0.320 e. The molecule has 0 unspecified atom stereocenters. The van der Waals surface area contributed by atoms with E-state index in [0.29, 0.717) is 15.2 Å². The van der Waals surface area contributed by atoms with E-state index in [1.807, 2.05) is 0 Å². The zero-order valence-corrected chi connectivity index (χ0v) is 9.42. The number of hydrogen-bond acceptors (Lipinski definition) is 3. The summed E-state index contributed by atoms with van der Waals surface area (Å²) < 4.78 is 0.568. The lowest BCUT2D eigenvalue weighted by Crippen LogP contribution is -2.32. The lowest BCUT2D eigenvalue weighted by molar-refractivity contribution is -0.138. The van der Waals surface area contributed by atoms with Gasteiger partial charge in [-0.2, -0.15) is 0 Å². The van der Waals surface area contributed by atoms with Crippen molar-refractivity contribution in [3.63, 3.8) is 0 Å². The van der Waals surface area contributed by atoms with E-state index in [4.69, 9.17) is 22.4 Å². The van der Waals surface area contributed by atoms with Gasteiger partial charge in [-0.3, -0.25) is 4.79 Å². The number of pyridine rings is 1. The second-order valence-corrected chi connectivity index (χ2v) is 3.94. The van der Waals surface area contributed by atoms with Gasteiger partial charge in [-0.1, -0.05) is 11.6 Å². The van der Waals surface area contributed by atoms with Gasteiger partial charge in [0.15, 0.2) is 0 Å². The number of hydrogen-bond donors (Lipinski definition) is 2. The van der Waals surface area contributed by atoms with E-state index in [2.05, 4.69) is 20.9 Å². The van der Waals surface area contributed by atoms with Gasteiger partial charge in [0.05, 0.1) is 5.02 Å². The van der Waals surface area contributed by atoms with Crippen molar-refractivity contribution in [1.82, 2.24) is 4.98 Å². The third kappa shape index (κ3) is 2.94. The van der Waals surface area contributed by atoms with Crippen LogP contribution in [0.5, 0.6) is 0 Å². The van der Waals surface area contributed by atoms with Gasteiger partial charge < -0.3 is 10.8 Å². The van der Waals surface area contributed by atoms with Crippen molar-refractivity contribution in [3.05, 3.63) is 27.5 Å². The van der Waals surface area contributed by atoms with Crippen molar-refractivity contribution in [3.8, 4) is 0 Å². The first-order valence-electron chi connectivity index (χ1n) is 3.79. The molecule has 3 N–H and O–H groups in total. The maximum absolute atomic E-state index is 10.5. The Kier molecular flexibility index (Phi) is 3.86. The normalized spacial score (nSPS) is 12.5. The van der Waals surface area contributed by atoms with E-state index >= 15 is 0 Å². The molecule has 0 fully saturated rings. The van der Waals surface area contributed by atoms with Crippen molar-refractivity contribution in [1.29, 1.82) is 0 Å². The Morgan fingerprint density at radius 2 is 2.43 bits per heavy atom. The fourth-order valence-electron chi connectivity index (χ4n) is 0.932. The molecule has 1 aromatic heterocycles. The maximum atomic E-state index is 10.5. The van der Waals surface area contributed by atoms with E-state index in [0.717, 1.165) is 0 Å². The zero-order chi connectivity index (χ0) is 10.7. The number of aromatic nitrogens is 1. The van der Waals surface area contributed by atoms with Crippen molar-refractivity contribution in [2.45, 2.75) is 12.5 Å². The summed E-state index contributed by atoms with van der Waals surface area (Å²) in [5.74, 6) is -1.04. The van der Waals surface area contributed by atoms with Gasteiger partial charge in [0.2, 0.25) is 0 Å². The van der Waals surface area contributed by atoms with Crippen LogP contribution in [0, 0.1) is 0 Å². The fraction of sp³-hybridized carbons (Fsp3) is 0.250. The van der Waals surface area contributed by atoms with Crippen LogP contribution in [0.2, 0.25) is 5.02 Å². The average Bonchev–Trinajstić information content (AvgIpc) is 2.11. The van der Waals surface area contributed by atoms with Gasteiger partial charge in [-0.15, -0.1) is 0 Å². The van der Waals surface area contributed by atoms with E-state index < -0.39 is 12.0 Å². The average molecular weight is 280 g/mol. The molecule has 1 rings (SSSR count). The van der Waals surface area contributed by atoms with Crippen LogP contribution in [-0.2, 0) is 11.2 Å². The Bertz CT molecular complexity index is 359. The van der Waals surface area contributed by atoms with Gasteiger partial charge in [0.25, 0.3) is 0 Å². The monoisotopic (exact) mass is 278 g/mol. The molecular formula is C8H8BrClN2O2. The minimum Gasteiger partial charge on any atom is -0.480 e. The van der Waals surface area contributed by atoms with E-state index in [-0.39, 0.29) is 6.42 Å². The molecule has 0 saturated heterocycles. The van der Waals surface area contributed by atoms with Crippen molar-refractivity contribution in [2.24, 2.45) is 5.73 Å². The summed E-state index contributed by atoms with van der Waals surface area (Å²) in [5.41, 5.74) is 6.06. The smallest absolute Gasteiger partial charge is 0.320 e. The topological polar surface area (TPSA) is 76.2 Å². The van der Waals surface area contributed by atoms with Crippen LogP contribution in [0.15, 0.2) is 16.9 Å². The summed E-state index contributed by atoms with van der Waals surface area (Å²) in [7, 11) is 0. The summed E-state index contributed by atoms with van der Waals surface area (Å²) >= 11 is 8.90. The summed E-state index contributed by atoms with van der Waals surface area (Å²) in [6.45, 7) is 0. The van der Waals surface area contributed by atoms with Gasteiger partial charge >= 0.3 is 5.97 Å². The van der Waals surface area contributed by atoms with E-state index in [1.54, 1.807) is 6.07 Å². The lowest BCUT2D eigenvalue weighted by atomic mass is 10.1. The van der Waals surface area contributed by atoms with Crippen molar-refractivity contribution >= 4 is 33.5 Å². The molecule has 0 amide bonds. The first-order valence-corrected chi connectivity index (χ1v) is 4.96. The van der Waals surface area contributed by atoms with Crippen LogP contribution in [-0.4, -0.2) is 22.1 Å². The predicted octanol–water partition coefficient (Wildman–Crippen LogP) is 1.45. The number of carbonyl (C=O) groups is 1. The fourth-order valence-corrected chi connectivity index (χ4v) is 1.49. The second kappa shape index (κ2) is 4.72. The Hall–Kier alpha value is -0.650. The molecule has 0 aliphatic rings. The predicted molar refractivity (Wildman–Crippen MR) is 56.3 cm³/mol. The first-order chi connectivity index (χ1) is 6.50. The molecule has 76 valence electrons. The molecule has 4 nitrogen and oxygen atoms in total. The molecule has 0 spiro atoms. The standard InChI is InChI=1S/C8H8BrClN2O2/c9-7-4(1-5(10)3-12-7)2-6(11)8(13)14/h1,3,6H,2,11H2,(H,13,14)/t6-/m0/s1. The number of carboxylic acid groups (broad SMARTS) is 1. The molecule has 0 bridgehead atoms. The van der Waals surface area contributed by atoms with Crippen LogP contribution in [0.1, 0.15) is 5.56 Å². The third-order valence-corrected chi connectivity index (χ3v) is 2.56. The molecule has 0 radical (unpaired) electrons. The van der Waals surface area contributed by atoms with Crippen molar-refractivity contribution in [2.75, 3.05) is 0 Å². The van der Waals surface area contributed by atoms with E-state index in [1.165, 1.54) is 6.20 Å². The molecular weight excluding hydrogens is 271 g/mol. The molecule has 0 aromatic carbocycles. The molecule has 0 aliphatic heterocycles. The van der Waals surface area contributed by atoms with E-state index in [9.17, 15) is 4.79 Å². The largest absolute Gasteiger partial charge is 0.480 e. The molecule has 14 heavy (non-hydrogen) atoms. The highest BCUT2D eigenvalue weighted by Gasteiger charge is 2.14. The van der Waals surface area contributed by atoms with Gasteiger partial charge in [-0.05, 0) is 27.6 Å². The Morgan fingerprint density at radius 3 is 3.00 bits per heavy atom. The summed E-state index contributed by atoms with van der Waals surface area (Å²) in [4.78, 5) is 14.4. The lowest BCUT2D eigenvalue weighted by Gasteiger charge is -2.07. The number of rotatable bonds is 3. The summed E-state index contributed by atoms with van der Waals surface area (Å²) in [5, 5.41) is 9.07. The molecule has 0 aliphatic carbocycles. The van der Waals surface area contributed by atoms with Crippen LogP contribution in [0.4, 0.5) is 0 Å². The highest BCUT2D eigenvalue weighted by atomic mass is 79.9. The minimum atomic E-state index is -1.04. The summed E-state index contributed by atoms with van der Waals surface area (Å²) in [6, 6.07) is 0.702. The molecule has 1 heterocycles. The Balaban J connectivity index is 2.85. The zero-order valence-electron chi connectivity index (χ0n) is 7.08. The van der Waals surface area contributed by atoms with Crippen LogP contribution < -0.4 is 5.73 Å². The molecule has 1 atom stereocenters. The summed E-state index contributed by atoms with van der Waals surface area (Å²) in [6.07, 6.45) is 1.67. The van der Waals surface area contributed by atoms with Crippen LogP contribution in [0.3, 0.4) is 0 Å². The second-order valence-electron chi connectivity index (χ2n) is 2.75. The Labute approximate surface area is 94.2 Å². The first kappa shape index (κ1) is 11.4. The third-order valence-electron chi connectivity index (χ3n) is 1.64. The highest BCUT2D eigenvalue weighted by Crippen LogP contribution is 2.19.